The standard InChI is InChI=1S/C36H33ClN2O6S/c1-23-27(6-3-7-29(23)26-8-9-32-35(16-26)43-12-11-42-32)21-45-34-17-33(44-20-25-5-2-4-24(14-25)18-38)28(15-30(34)37)19-39-10-13-46-22-31(39)36(40)41/h2-9,14-17,31H,10-13,19-22H2,1H3,(H,40,41)/t31-/m1/s1. The van der Waals surface area contributed by atoms with Crippen LogP contribution in [0.1, 0.15) is 27.8 Å². The summed E-state index contributed by atoms with van der Waals surface area (Å²) < 4.78 is 24.1. The zero-order valence-corrected chi connectivity index (χ0v) is 26.9. The second-order valence-corrected chi connectivity index (χ2v) is 12.7. The van der Waals surface area contributed by atoms with Gasteiger partial charge in [-0.15, -0.1) is 0 Å². The molecule has 0 aromatic heterocycles. The van der Waals surface area contributed by atoms with Crippen molar-refractivity contribution in [2.75, 3.05) is 31.3 Å². The molecule has 1 fully saturated rings. The molecular weight excluding hydrogens is 624 g/mol. The second-order valence-electron chi connectivity index (χ2n) is 11.1. The average Bonchev–Trinajstić information content (AvgIpc) is 3.08. The van der Waals surface area contributed by atoms with E-state index in [1.54, 1.807) is 36.0 Å². The van der Waals surface area contributed by atoms with Crippen LogP contribution < -0.4 is 18.9 Å². The van der Waals surface area contributed by atoms with Gasteiger partial charge >= 0.3 is 5.97 Å². The van der Waals surface area contributed by atoms with Crippen molar-refractivity contribution in [3.05, 3.63) is 106 Å². The van der Waals surface area contributed by atoms with Gasteiger partial charge in [0.25, 0.3) is 0 Å². The van der Waals surface area contributed by atoms with Crippen molar-refractivity contribution in [1.29, 1.82) is 5.26 Å². The van der Waals surface area contributed by atoms with Gasteiger partial charge in [0, 0.05) is 36.2 Å². The van der Waals surface area contributed by atoms with Crippen LogP contribution in [-0.4, -0.2) is 53.3 Å². The summed E-state index contributed by atoms with van der Waals surface area (Å²) in [7, 11) is 0. The quantitative estimate of drug-likeness (QED) is 0.191. The molecule has 2 aliphatic heterocycles. The molecule has 0 unspecified atom stereocenters. The Labute approximate surface area is 277 Å². The third-order valence-corrected chi connectivity index (χ3v) is 9.46. The molecule has 8 nitrogen and oxygen atoms in total. The molecule has 46 heavy (non-hydrogen) atoms. The lowest BCUT2D eigenvalue weighted by Crippen LogP contribution is -2.46. The topological polar surface area (TPSA) is 101 Å². The van der Waals surface area contributed by atoms with Crippen LogP contribution in [0.5, 0.6) is 23.0 Å². The van der Waals surface area contributed by atoms with E-state index in [0.29, 0.717) is 54.1 Å². The summed E-state index contributed by atoms with van der Waals surface area (Å²) in [5, 5.41) is 19.6. The Hall–Kier alpha value is -4.36. The van der Waals surface area contributed by atoms with Crippen LogP contribution in [-0.2, 0) is 24.6 Å². The monoisotopic (exact) mass is 656 g/mol. The minimum atomic E-state index is -0.845. The summed E-state index contributed by atoms with van der Waals surface area (Å²) in [5.74, 6) is 3.01. The van der Waals surface area contributed by atoms with Crippen LogP contribution in [0.15, 0.2) is 72.8 Å². The van der Waals surface area contributed by atoms with Crippen LogP contribution in [0.3, 0.4) is 0 Å². The number of aliphatic carboxylic acids is 1. The number of carbonyl (C=O) groups is 1. The zero-order chi connectivity index (χ0) is 32.0. The van der Waals surface area contributed by atoms with Crippen molar-refractivity contribution in [2.24, 2.45) is 0 Å². The molecule has 0 spiro atoms. The molecule has 0 saturated carbocycles. The summed E-state index contributed by atoms with van der Waals surface area (Å²) in [6.07, 6.45) is 0. The van der Waals surface area contributed by atoms with Gasteiger partial charge in [-0.25, -0.2) is 0 Å². The highest BCUT2D eigenvalue weighted by molar-refractivity contribution is 7.99. The minimum Gasteiger partial charge on any atom is -0.488 e. The fourth-order valence-corrected chi connectivity index (χ4v) is 6.98. The highest BCUT2D eigenvalue weighted by Gasteiger charge is 2.30. The van der Waals surface area contributed by atoms with Gasteiger partial charge in [-0.2, -0.15) is 17.0 Å². The number of halogens is 1. The maximum absolute atomic E-state index is 12.0. The molecule has 0 amide bonds. The highest BCUT2D eigenvalue weighted by atomic mass is 35.5. The number of benzene rings is 4. The molecule has 4 aromatic carbocycles. The van der Waals surface area contributed by atoms with E-state index < -0.39 is 12.0 Å². The number of thioether (sulfide) groups is 1. The summed E-state index contributed by atoms with van der Waals surface area (Å²) in [4.78, 5) is 13.9. The Balaban J connectivity index is 1.25. The van der Waals surface area contributed by atoms with E-state index in [1.807, 2.05) is 47.4 Å². The Kier molecular flexibility index (Phi) is 9.88. The van der Waals surface area contributed by atoms with Gasteiger partial charge in [0.2, 0.25) is 0 Å². The Morgan fingerprint density at radius 2 is 1.80 bits per heavy atom. The smallest absolute Gasteiger partial charge is 0.321 e. The molecule has 236 valence electrons. The Morgan fingerprint density at radius 1 is 1.00 bits per heavy atom. The van der Waals surface area contributed by atoms with E-state index in [2.05, 4.69) is 19.1 Å². The van der Waals surface area contributed by atoms with Gasteiger partial charge in [0.1, 0.15) is 44.0 Å². The molecule has 1 saturated heterocycles. The number of nitriles is 1. The van der Waals surface area contributed by atoms with Gasteiger partial charge < -0.3 is 24.1 Å². The molecule has 2 aliphatic rings. The molecule has 0 aliphatic carbocycles. The molecule has 10 heteroatoms. The van der Waals surface area contributed by atoms with Crippen molar-refractivity contribution in [3.63, 3.8) is 0 Å². The molecule has 0 radical (unpaired) electrons. The molecule has 2 heterocycles. The van der Waals surface area contributed by atoms with Crippen molar-refractivity contribution in [3.8, 4) is 40.2 Å². The van der Waals surface area contributed by atoms with E-state index in [4.69, 9.17) is 30.5 Å². The van der Waals surface area contributed by atoms with E-state index >= 15 is 0 Å². The first-order chi connectivity index (χ1) is 22.4. The number of carboxylic acid groups (broad SMARTS) is 1. The number of hydrogen-bond acceptors (Lipinski definition) is 8. The van der Waals surface area contributed by atoms with E-state index in [1.165, 1.54) is 0 Å². The van der Waals surface area contributed by atoms with Crippen molar-refractivity contribution >= 4 is 29.3 Å². The second kappa shape index (κ2) is 14.4. The van der Waals surface area contributed by atoms with Crippen LogP contribution in [0.2, 0.25) is 5.02 Å². The lowest BCUT2D eigenvalue weighted by atomic mass is 9.96. The minimum absolute atomic E-state index is 0.221. The van der Waals surface area contributed by atoms with Gasteiger partial charge in [0.05, 0.1) is 16.7 Å². The predicted octanol–water partition coefficient (Wildman–Crippen LogP) is 7.12. The van der Waals surface area contributed by atoms with E-state index in [0.717, 1.165) is 50.6 Å². The third kappa shape index (κ3) is 7.20. The first-order valence-corrected chi connectivity index (χ1v) is 16.5. The molecular formula is C36H33ClN2O6S. The summed E-state index contributed by atoms with van der Waals surface area (Å²) >= 11 is 8.43. The van der Waals surface area contributed by atoms with Crippen LogP contribution in [0, 0.1) is 18.3 Å². The van der Waals surface area contributed by atoms with E-state index in [-0.39, 0.29) is 13.2 Å². The van der Waals surface area contributed by atoms with Gasteiger partial charge in [-0.1, -0.05) is 48.0 Å². The van der Waals surface area contributed by atoms with Crippen molar-refractivity contribution in [2.45, 2.75) is 32.7 Å². The zero-order valence-electron chi connectivity index (χ0n) is 25.3. The average molecular weight is 657 g/mol. The highest BCUT2D eigenvalue weighted by Crippen LogP contribution is 2.38. The van der Waals surface area contributed by atoms with Crippen molar-refractivity contribution < 1.29 is 28.8 Å². The van der Waals surface area contributed by atoms with Crippen LogP contribution in [0.4, 0.5) is 0 Å². The molecule has 1 N–H and O–H groups in total. The van der Waals surface area contributed by atoms with E-state index in [9.17, 15) is 15.2 Å². The molecule has 4 aromatic rings. The molecule has 1 atom stereocenters. The third-order valence-electron chi connectivity index (χ3n) is 8.15. The summed E-state index contributed by atoms with van der Waals surface area (Å²) in [5.41, 5.74) is 6.32. The first kappa shape index (κ1) is 31.6. The molecule has 6 rings (SSSR count). The lowest BCUT2D eigenvalue weighted by molar-refractivity contribution is -0.142. The Bertz CT molecular complexity index is 1790. The Morgan fingerprint density at radius 3 is 2.63 bits per heavy atom. The maximum atomic E-state index is 12.0. The van der Waals surface area contributed by atoms with Crippen LogP contribution >= 0.6 is 23.4 Å². The summed E-state index contributed by atoms with van der Waals surface area (Å²) in [6.45, 7) is 4.63. The largest absolute Gasteiger partial charge is 0.488 e. The fourth-order valence-electron chi connectivity index (χ4n) is 5.63. The van der Waals surface area contributed by atoms with Crippen molar-refractivity contribution in [1.82, 2.24) is 4.90 Å². The van der Waals surface area contributed by atoms with Gasteiger partial charge in [-0.3, -0.25) is 9.69 Å². The lowest BCUT2D eigenvalue weighted by Gasteiger charge is -2.33. The van der Waals surface area contributed by atoms with Crippen LogP contribution in [0.25, 0.3) is 11.1 Å². The number of fused-ring (bicyclic) bond motifs is 1. The first-order valence-electron chi connectivity index (χ1n) is 15.0. The molecule has 0 bridgehead atoms. The number of carboxylic acids is 1. The fraction of sp³-hybridized carbons (Fsp3) is 0.278. The number of rotatable bonds is 10. The maximum Gasteiger partial charge on any atom is 0.321 e. The summed E-state index contributed by atoms with van der Waals surface area (Å²) in [6, 6.07) is 24.5. The predicted molar refractivity (Wildman–Crippen MR) is 178 cm³/mol. The SMILES string of the molecule is Cc1c(COc2cc(OCc3cccc(C#N)c3)c(CN3CCSC[C@@H]3C(=O)O)cc2Cl)cccc1-c1ccc2c(c1)OCCO2. The normalized spacial score (nSPS) is 16.0. The van der Waals surface area contributed by atoms with Gasteiger partial charge in [-0.05, 0) is 65.1 Å². The number of hydrogen-bond donors (Lipinski definition) is 1. The number of ether oxygens (including phenoxy) is 4. The number of nitrogens with zero attached hydrogens (tertiary/aromatic N) is 2. The van der Waals surface area contributed by atoms with Gasteiger partial charge in [0.15, 0.2) is 11.5 Å².